The first kappa shape index (κ1) is 25.1. The van der Waals surface area contributed by atoms with Crippen molar-refractivity contribution < 1.29 is 23.8 Å². The summed E-state index contributed by atoms with van der Waals surface area (Å²) >= 11 is 0. The van der Waals surface area contributed by atoms with Crippen molar-refractivity contribution in [3.63, 3.8) is 0 Å². The lowest BCUT2D eigenvalue weighted by Crippen LogP contribution is -2.60. The SMILES string of the molecule is CCOC(=O)N/N=C(\C)[C@@]1(F)[C@H](NC(C)=O)CC2C3CC=C4C[C@@H](O)CC[C@]4(C)C3CC[C@@]21C. The number of nitrogens with one attached hydrogen (secondary N) is 2. The average molecular weight is 478 g/mol. The monoisotopic (exact) mass is 477 g/mol. The van der Waals surface area contributed by atoms with Crippen LogP contribution in [0.15, 0.2) is 16.8 Å². The largest absolute Gasteiger partial charge is 0.449 e. The standard InChI is InChI=1S/C26H40FN3O4/c1-6-34-23(33)30-29-15(2)26(27)22(28-16(3)31)14-21-19-8-7-17-13-18(32)9-11-24(17,4)20(19)10-12-25(21,26)5/h7,18-22,32H,6,8-14H2,1-5H3,(H,28,31)(H,30,33)/b29-15+/t18-,19?,20?,21?,22+,24-,25-,26+/m0/s1. The van der Waals surface area contributed by atoms with Gasteiger partial charge in [0.15, 0.2) is 5.67 Å². The summed E-state index contributed by atoms with van der Waals surface area (Å²) < 4.78 is 22.2. The number of aliphatic hydroxyl groups excluding tert-OH is 1. The molecule has 8 atom stereocenters. The Morgan fingerprint density at radius 2 is 1.97 bits per heavy atom. The van der Waals surface area contributed by atoms with Crippen molar-refractivity contribution in [2.45, 2.75) is 97.4 Å². The van der Waals surface area contributed by atoms with Crippen LogP contribution in [0.3, 0.4) is 0 Å². The molecule has 34 heavy (non-hydrogen) atoms. The molecule has 3 N–H and O–H groups in total. The summed E-state index contributed by atoms with van der Waals surface area (Å²) in [7, 11) is 0. The quantitative estimate of drug-likeness (QED) is 0.320. The van der Waals surface area contributed by atoms with E-state index in [9.17, 15) is 14.7 Å². The molecule has 0 bridgehead atoms. The third-order valence-electron chi connectivity index (χ3n) is 9.76. The van der Waals surface area contributed by atoms with E-state index >= 15 is 4.39 Å². The zero-order chi connectivity index (χ0) is 24.9. The molecule has 0 saturated heterocycles. The van der Waals surface area contributed by atoms with Crippen LogP contribution in [-0.2, 0) is 9.53 Å². The van der Waals surface area contributed by atoms with Crippen molar-refractivity contribution >= 4 is 17.7 Å². The van der Waals surface area contributed by atoms with E-state index in [2.05, 4.69) is 28.8 Å². The molecule has 0 radical (unpaired) electrons. The summed E-state index contributed by atoms with van der Waals surface area (Å²) in [5.41, 5.74) is 1.29. The first-order valence-corrected chi connectivity index (χ1v) is 12.8. The number of fused-ring (bicyclic) bond motifs is 5. The minimum Gasteiger partial charge on any atom is -0.449 e. The molecule has 0 heterocycles. The summed E-state index contributed by atoms with van der Waals surface area (Å²) in [5, 5.41) is 17.2. The van der Waals surface area contributed by atoms with Crippen molar-refractivity contribution in [3.8, 4) is 0 Å². The Balaban J connectivity index is 1.69. The fraction of sp³-hybridized carbons (Fsp3) is 0.808. The normalized spacial score (nSPS) is 43.7. The van der Waals surface area contributed by atoms with E-state index in [1.807, 2.05) is 6.92 Å². The lowest BCUT2D eigenvalue weighted by molar-refractivity contribution is -0.120. The van der Waals surface area contributed by atoms with Crippen LogP contribution in [0, 0.1) is 28.6 Å². The average Bonchev–Trinajstić information content (AvgIpc) is 3.00. The molecule has 4 aliphatic carbocycles. The molecule has 0 aliphatic heterocycles. The number of allylic oxidation sites excluding steroid dienone is 1. The molecule has 190 valence electrons. The van der Waals surface area contributed by atoms with E-state index in [-0.39, 0.29) is 35.7 Å². The van der Waals surface area contributed by atoms with E-state index in [4.69, 9.17) is 4.74 Å². The Morgan fingerprint density at radius 3 is 2.65 bits per heavy atom. The van der Waals surface area contributed by atoms with Crippen molar-refractivity contribution in [3.05, 3.63) is 11.6 Å². The van der Waals surface area contributed by atoms with Gasteiger partial charge in [-0.2, -0.15) is 5.10 Å². The second-order valence-electron chi connectivity index (χ2n) is 11.3. The Kier molecular flexibility index (Phi) is 6.60. The van der Waals surface area contributed by atoms with Crippen LogP contribution in [0.5, 0.6) is 0 Å². The van der Waals surface area contributed by atoms with Crippen LogP contribution in [0.2, 0.25) is 0 Å². The zero-order valence-corrected chi connectivity index (χ0v) is 21.1. The van der Waals surface area contributed by atoms with E-state index in [1.54, 1.807) is 13.8 Å². The number of carbonyl (C=O) groups is 2. The highest BCUT2D eigenvalue weighted by Crippen LogP contribution is 2.68. The highest BCUT2D eigenvalue weighted by molar-refractivity contribution is 5.94. The van der Waals surface area contributed by atoms with Gasteiger partial charge in [-0.15, -0.1) is 0 Å². The van der Waals surface area contributed by atoms with Gasteiger partial charge in [-0.25, -0.2) is 14.6 Å². The zero-order valence-electron chi connectivity index (χ0n) is 21.1. The number of carbonyl (C=O) groups excluding carboxylic acids is 2. The Bertz CT molecular complexity index is 906. The molecule has 4 rings (SSSR count). The van der Waals surface area contributed by atoms with Gasteiger partial charge in [-0.3, -0.25) is 4.79 Å². The number of rotatable bonds is 4. The third-order valence-corrected chi connectivity index (χ3v) is 9.76. The molecule has 3 fully saturated rings. The van der Waals surface area contributed by atoms with Crippen LogP contribution in [0.4, 0.5) is 9.18 Å². The topological polar surface area (TPSA) is 100 Å². The molecule has 0 aromatic carbocycles. The molecule has 8 heteroatoms. The van der Waals surface area contributed by atoms with Crippen molar-refractivity contribution in [2.75, 3.05) is 6.61 Å². The van der Waals surface area contributed by atoms with Crippen LogP contribution in [0.1, 0.15) is 79.6 Å². The molecule has 0 aromatic heterocycles. The number of aliphatic hydroxyl groups is 1. The minimum atomic E-state index is -1.89. The summed E-state index contributed by atoms with van der Waals surface area (Å²) in [5.74, 6) is 0.550. The van der Waals surface area contributed by atoms with Gasteiger partial charge in [0, 0.05) is 12.3 Å². The molecule has 0 aromatic rings. The predicted octanol–water partition coefficient (Wildman–Crippen LogP) is 4.26. The summed E-state index contributed by atoms with van der Waals surface area (Å²) in [6, 6.07) is -0.710. The summed E-state index contributed by atoms with van der Waals surface area (Å²) in [4.78, 5) is 23.9. The van der Waals surface area contributed by atoms with Gasteiger partial charge in [0.1, 0.15) is 0 Å². The first-order chi connectivity index (χ1) is 16.0. The Labute approximate surface area is 202 Å². The van der Waals surface area contributed by atoms with E-state index in [1.165, 1.54) is 12.5 Å². The third kappa shape index (κ3) is 3.76. The Hall–Kier alpha value is -1.96. The van der Waals surface area contributed by atoms with Crippen LogP contribution in [0.25, 0.3) is 0 Å². The van der Waals surface area contributed by atoms with Gasteiger partial charge >= 0.3 is 6.09 Å². The fourth-order valence-corrected chi connectivity index (χ4v) is 8.11. The number of hydrogen-bond donors (Lipinski definition) is 3. The maximum atomic E-state index is 17.3. The maximum absolute atomic E-state index is 17.3. The van der Waals surface area contributed by atoms with Gasteiger partial charge in [0.25, 0.3) is 0 Å². The van der Waals surface area contributed by atoms with Gasteiger partial charge in [0.05, 0.1) is 24.5 Å². The highest BCUT2D eigenvalue weighted by Gasteiger charge is 2.70. The lowest BCUT2D eigenvalue weighted by Gasteiger charge is -2.58. The molecule has 2 amide bonds. The molecule has 3 saturated carbocycles. The second-order valence-corrected chi connectivity index (χ2v) is 11.3. The van der Waals surface area contributed by atoms with Gasteiger partial charge in [0.2, 0.25) is 5.91 Å². The minimum absolute atomic E-state index is 0.0448. The predicted molar refractivity (Wildman–Crippen MR) is 128 cm³/mol. The van der Waals surface area contributed by atoms with E-state index in [0.717, 1.165) is 32.1 Å². The number of amides is 2. The Morgan fingerprint density at radius 1 is 1.24 bits per heavy atom. The molecular formula is C26H40FN3O4. The van der Waals surface area contributed by atoms with Crippen molar-refractivity contribution in [2.24, 2.45) is 33.7 Å². The molecule has 0 spiro atoms. The smallest absolute Gasteiger partial charge is 0.427 e. The van der Waals surface area contributed by atoms with Gasteiger partial charge < -0.3 is 15.2 Å². The second kappa shape index (κ2) is 8.92. The van der Waals surface area contributed by atoms with Gasteiger partial charge in [-0.05, 0) is 82.0 Å². The number of ether oxygens (including phenoxy) is 1. The van der Waals surface area contributed by atoms with Crippen molar-refractivity contribution in [1.82, 2.24) is 10.7 Å². The summed E-state index contributed by atoms with van der Waals surface area (Å²) in [6.07, 6.45) is 6.85. The summed E-state index contributed by atoms with van der Waals surface area (Å²) in [6.45, 7) is 9.25. The number of nitrogens with zero attached hydrogens (tertiary/aromatic N) is 1. The fourth-order valence-electron chi connectivity index (χ4n) is 8.11. The highest BCUT2D eigenvalue weighted by atomic mass is 19.1. The molecular weight excluding hydrogens is 437 g/mol. The van der Waals surface area contributed by atoms with E-state index in [0.29, 0.717) is 24.7 Å². The van der Waals surface area contributed by atoms with Gasteiger partial charge in [-0.1, -0.05) is 25.5 Å². The number of alkyl halides is 1. The molecule has 4 aliphatic rings. The van der Waals surface area contributed by atoms with Crippen LogP contribution in [-0.4, -0.2) is 47.2 Å². The first-order valence-electron chi connectivity index (χ1n) is 12.8. The van der Waals surface area contributed by atoms with Crippen LogP contribution >= 0.6 is 0 Å². The number of hydrogen-bond acceptors (Lipinski definition) is 5. The number of hydrazone groups is 1. The van der Waals surface area contributed by atoms with Crippen LogP contribution < -0.4 is 10.7 Å². The molecule has 3 unspecified atom stereocenters. The van der Waals surface area contributed by atoms with Crippen molar-refractivity contribution in [1.29, 1.82) is 0 Å². The number of halogens is 1. The lowest BCUT2D eigenvalue weighted by atomic mass is 9.47. The molecule has 7 nitrogen and oxygen atoms in total. The van der Waals surface area contributed by atoms with E-state index < -0.39 is 23.2 Å². The maximum Gasteiger partial charge on any atom is 0.427 e.